The third-order valence-corrected chi connectivity index (χ3v) is 4.30. The number of anilines is 1. The number of amides is 1. The van der Waals surface area contributed by atoms with E-state index < -0.39 is 0 Å². The third kappa shape index (κ3) is 3.06. The summed E-state index contributed by atoms with van der Waals surface area (Å²) in [7, 11) is 0. The van der Waals surface area contributed by atoms with Crippen molar-refractivity contribution in [2.75, 3.05) is 5.73 Å². The van der Waals surface area contributed by atoms with Gasteiger partial charge in [-0.2, -0.15) is 0 Å². The fourth-order valence-corrected chi connectivity index (χ4v) is 3.10. The van der Waals surface area contributed by atoms with Gasteiger partial charge in [0.2, 0.25) is 0 Å². The molecule has 1 aliphatic rings. The number of hydrogen-bond donors (Lipinski definition) is 2. The Morgan fingerprint density at radius 3 is 2.79 bits per heavy atom. The Balaban J connectivity index is 2.05. The molecule has 3 N–H and O–H groups in total. The molecule has 0 bridgehead atoms. The third-order valence-electron chi connectivity index (χ3n) is 4.30. The minimum Gasteiger partial charge on any atom is -0.384 e. The molecule has 4 nitrogen and oxygen atoms in total. The van der Waals surface area contributed by atoms with Crippen molar-refractivity contribution in [1.29, 1.82) is 0 Å². The van der Waals surface area contributed by atoms with E-state index in [1.807, 2.05) is 6.92 Å². The Kier molecular flexibility index (Phi) is 4.08. The second-order valence-corrected chi connectivity index (χ2v) is 5.61. The van der Waals surface area contributed by atoms with Crippen LogP contribution in [-0.2, 0) is 0 Å². The average Bonchev–Trinajstić information content (AvgIpc) is 2.69. The number of hydrogen-bond acceptors (Lipinski definition) is 3. The summed E-state index contributed by atoms with van der Waals surface area (Å²) in [5, 5.41) is 3.14. The number of nitrogen functional groups attached to an aromatic ring is 1. The number of nitrogens with zero attached hydrogens (tertiary/aromatic N) is 1. The van der Waals surface area contributed by atoms with E-state index in [0.717, 1.165) is 18.0 Å². The largest absolute Gasteiger partial charge is 0.384 e. The number of nitrogens with one attached hydrogen (secondary N) is 1. The lowest BCUT2D eigenvalue weighted by Gasteiger charge is -2.21. The minimum absolute atomic E-state index is 0.0363. The van der Waals surface area contributed by atoms with Crippen LogP contribution >= 0.6 is 0 Å². The highest BCUT2D eigenvalue weighted by Gasteiger charge is 2.32. The van der Waals surface area contributed by atoms with E-state index in [4.69, 9.17) is 5.73 Å². The Bertz CT molecular complexity index is 452. The van der Waals surface area contributed by atoms with Gasteiger partial charge >= 0.3 is 0 Å². The first-order chi connectivity index (χ1) is 9.01. The van der Waals surface area contributed by atoms with Crippen molar-refractivity contribution in [3.8, 4) is 0 Å². The predicted octanol–water partition coefficient (Wildman–Crippen LogP) is 2.53. The van der Waals surface area contributed by atoms with Crippen LogP contribution in [0.25, 0.3) is 0 Å². The molecular weight excluding hydrogens is 238 g/mol. The van der Waals surface area contributed by atoms with E-state index in [0.29, 0.717) is 17.3 Å². The Morgan fingerprint density at radius 2 is 2.21 bits per heavy atom. The van der Waals surface area contributed by atoms with E-state index in [1.165, 1.54) is 12.8 Å². The molecule has 2 rings (SSSR count). The van der Waals surface area contributed by atoms with Gasteiger partial charge in [0.25, 0.3) is 5.91 Å². The Hall–Kier alpha value is -1.58. The maximum Gasteiger partial charge on any atom is 0.251 e. The van der Waals surface area contributed by atoms with Crippen molar-refractivity contribution in [1.82, 2.24) is 10.3 Å². The van der Waals surface area contributed by atoms with Crippen LogP contribution in [0.4, 0.5) is 5.82 Å². The summed E-state index contributed by atoms with van der Waals surface area (Å²) in [4.78, 5) is 16.3. The molecule has 1 aliphatic carbocycles. The lowest BCUT2D eigenvalue weighted by Crippen LogP contribution is -2.37. The zero-order valence-electron chi connectivity index (χ0n) is 11.9. The molecule has 0 aliphatic heterocycles. The normalized spacial score (nSPS) is 26.4. The highest BCUT2D eigenvalue weighted by molar-refractivity contribution is 5.95. The van der Waals surface area contributed by atoms with E-state index in [1.54, 1.807) is 12.1 Å². The van der Waals surface area contributed by atoms with Gasteiger partial charge in [-0.05, 0) is 43.7 Å². The predicted molar refractivity (Wildman–Crippen MR) is 76.8 cm³/mol. The van der Waals surface area contributed by atoms with Gasteiger partial charge in [0.15, 0.2) is 0 Å². The topological polar surface area (TPSA) is 68.0 Å². The van der Waals surface area contributed by atoms with Crippen LogP contribution in [0.1, 0.15) is 49.2 Å². The molecule has 1 heterocycles. The molecule has 1 aromatic rings. The summed E-state index contributed by atoms with van der Waals surface area (Å²) >= 11 is 0. The lowest BCUT2D eigenvalue weighted by atomic mass is 9.93. The zero-order valence-corrected chi connectivity index (χ0v) is 11.9. The van der Waals surface area contributed by atoms with Crippen LogP contribution < -0.4 is 11.1 Å². The van der Waals surface area contributed by atoms with Gasteiger partial charge in [0.05, 0.1) is 0 Å². The lowest BCUT2D eigenvalue weighted by molar-refractivity contribution is 0.0926. The molecule has 19 heavy (non-hydrogen) atoms. The molecule has 1 saturated carbocycles. The summed E-state index contributed by atoms with van der Waals surface area (Å²) in [6.07, 6.45) is 3.47. The molecule has 0 aromatic carbocycles. The Morgan fingerprint density at radius 1 is 1.47 bits per heavy atom. The quantitative estimate of drug-likeness (QED) is 0.878. The van der Waals surface area contributed by atoms with Crippen LogP contribution in [0, 0.1) is 18.8 Å². The number of aromatic nitrogens is 1. The van der Waals surface area contributed by atoms with Gasteiger partial charge in [-0.1, -0.05) is 20.3 Å². The molecule has 0 spiro atoms. The van der Waals surface area contributed by atoms with Crippen LogP contribution in [0.15, 0.2) is 12.1 Å². The van der Waals surface area contributed by atoms with Crippen molar-refractivity contribution in [3.05, 3.63) is 23.4 Å². The van der Waals surface area contributed by atoms with Crippen LogP contribution in [0.2, 0.25) is 0 Å². The second-order valence-electron chi connectivity index (χ2n) is 5.61. The SMILES string of the molecule is CCC1CCC(NC(=O)c2cc(C)nc(N)c2)C1C. The smallest absolute Gasteiger partial charge is 0.251 e. The fourth-order valence-electron chi connectivity index (χ4n) is 3.10. The molecule has 104 valence electrons. The first kappa shape index (κ1) is 13.8. The van der Waals surface area contributed by atoms with Crippen LogP contribution in [0.5, 0.6) is 0 Å². The number of rotatable bonds is 3. The van der Waals surface area contributed by atoms with Crippen molar-refractivity contribution < 1.29 is 4.79 Å². The molecule has 3 unspecified atom stereocenters. The highest BCUT2D eigenvalue weighted by Crippen LogP contribution is 2.33. The van der Waals surface area contributed by atoms with Crippen molar-refractivity contribution >= 4 is 11.7 Å². The van der Waals surface area contributed by atoms with E-state index in [2.05, 4.69) is 24.1 Å². The highest BCUT2D eigenvalue weighted by atomic mass is 16.1. The van der Waals surface area contributed by atoms with Crippen molar-refractivity contribution in [3.63, 3.8) is 0 Å². The van der Waals surface area contributed by atoms with Crippen LogP contribution in [-0.4, -0.2) is 16.9 Å². The first-order valence-corrected chi connectivity index (χ1v) is 7.06. The average molecular weight is 261 g/mol. The maximum absolute atomic E-state index is 12.3. The summed E-state index contributed by atoms with van der Waals surface area (Å²) in [5.41, 5.74) is 7.07. The summed E-state index contributed by atoms with van der Waals surface area (Å²) in [6.45, 7) is 6.30. The van der Waals surface area contributed by atoms with Crippen LogP contribution in [0.3, 0.4) is 0 Å². The first-order valence-electron chi connectivity index (χ1n) is 7.06. The zero-order chi connectivity index (χ0) is 14.0. The van der Waals surface area contributed by atoms with Gasteiger partial charge in [0, 0.05) is 17.3 Å². The van der Waals surface area contributed by atoms with Crippen molar-refractivity contribution in [2.45, 2.75) is 46.1 Å². The van der Waals surface area contributed by atoms with Gasteiger partial charge in [-0.3, -0.25) is 4.79 Å². The molecule has 1 fully saturated rings. The summed E-state index contributed by atoms with van der Waals surface area (Å²) < 4.78 is 0. The number of carbonyl (C=O) groups excluding carboxylic acids is 1. The van der Waals surface area contributed by atoms with E-state index in [-0.39, 0.29) is 11.9 Å². The molecule has 4 heteroatoms. The molecule has 0 radical (unpaired) electrons. The van der Waals surface area contributed by atoms with Gasteiger partial charge in [-0.25, -0.2) is 4.98 Å². The number of carbonyl (C=O) groups is 1. The molecule has 0 saturated heterocycles. The standard InChI is InChI=1S/C15H23N3O/c1-4-11-5-6-13(10(11)3)18-15(19)12-7-9(2)17-14(16)8-12/h7-8,10-11,13H,4-6H2,1-3H3,(H2,16,17)(H,18,19). The molecule has 1 aromatic heterocycles. The van der Waals surface area contributed by atoms with E-state index >= 15 is 0 Å². The number of pyridine rings is 1. The number of aryl methyl sites for hydroxylation is 1. The monoisotopic (exact) mass is 261 g/mol. The second kappa shape index (κ2) is 5.59. The molecule has 1 amide bonds. The summed E-state index contributed by atoms with van der Waals surface area (Å²) in [5.74, 6) is 1.64. The number of nitrogens with two attached hydrogens (primary N) is 1. The van der Waals surface area contributed by atoms with Crippen molar-refractivity contribution in [2.24, 2.45) is 11.8 Å². The summed E-state index contributed by atoms with van der Waals surface area (Å²) in [6, 6.07) is 3.70. The fraction of sp³-hybridized carbons (Fsp3) is 0.600. The van der Waals surface area contributed by atoms with Gasteiger partial charge < -0.3 is 11.1 Å². The van der Waals surface area contributed by atoms with E-state index in [9.17, 15) is 4.79 Å². The van der Waals surface area contributed by atoms with Gasteiger partial charge in [0.1, 0.15) is 5.82 Å². The molecule has 3 atom stereocenters. The maximum atomic E-state index is 12.3. The minimum atomic E-state index is -0.0363. The van der Waals surface area contributed by atoms with Gasteiger partial charge in [-0.15, -0.1) is 0 Å². The molecular formula is C15H23N3O. The Labute approximate surface area is 114 Å².